The Morgan fingerprint density at radius 1 is 1.58 bits per heavy atom. The van der Waals surface area contributed by atoms with Gasteiger partial charge in [-0.3, -0.25) is 0 Å². The van der Waals surface area contributed by atoms with Crippen molar-refractivity contribution in [1.82, 2.24) is 0 Å². The van der Waals surface area contributed by atoms with Crippen LogP contribution in [-0.4, -0.2) is 13.2 Å². The van der Waals surface area contributed by atoms with E-state index in [1.54, 1.807) is 18.4 Å². The number of hydrogen-bond acceptors (Lipinski definition) is 2. The van der Waals surface area contributed by atoms with Crippen molar-refractivity contribution >= 4 is 11.3 Å². The van der Waals surface area contributed by atoms with Crippen molar-refractivity contribution in [2.24, 2.45) is 0 Å². The van der Waals surface area contributed by atoms with Crippen LogP contribution in [-0.2, 0) is 11.2 Å². The minimum Gasteiger partial charge on any atom is -0.381 e. The zero-order chi connectivity index (χ0) is 8.81. The normalized spacial score (nSPS) is 13.2. The Hall–Kier alpha value is -0.340. The highest BCUT2D eigenvalue weighted by molar-refractivity contribution is 7.07. The summed E-state index contributed by atoms with van der Waals surface area (Å²) in [5, 5.41) is 4.34. The van der Waals surface area contributed by atoms with Gasteiger partial charge in [0.1, 0.15) is 0 Å². The number of ether oxygens (including phenoxy) is 1. The van der Waals surface area contributed by atoms with Crippen molar-refractivity contribution in [2.75, 3.05) is 7.11 Å². The van der Waals surface area contributed by atoms with Crippen LogP contribution in [0.25, 0.3) is 0 Å². The molecule has 1 aromatic heterocycles. The Balaban J connectivity index is 2.25. The predicted octanol–water partition coefficient (Wildman–Crippen LogP) is 3.11. The Morgan fingerprint density at radius 2 is 2.42 bits per heavy atom. The van der Waals surface area contributed by atoms with Gasteiger partial charge >= 0.3 is 0 Å². The van der Waals surface area contributed by atoms with Crippen molar-refractivity contribution in [3.63, 3.8) is 0 Å². The minimum absolute atomic E-state index is 0.435. The van der Waals surface area contributed by atoms with E-state index in [0.29, 0.717) is 6.10 Å². The molecule has 0 fully saturated rings. The molecule has 1 heterocycles. The standard InChI is InChI=1S/C10H16OS/c1-3-10(11-2)5-4-9-6-7-12-8-9/h6-8,10H,3-5H2,1-2H3. The molecule has 0 aliphatic rings. The van der Waals surface area contributed by atoms with E-state index >= 15 is 0 Å². The van der Waals surface area contributed by atoms with Gasteiger partial charge in [-0.2, -0.15) is 11.3 Å². The van der Waals surface area contributed by atoms with Crippen LogP contribution in [0.3, 0.4) is 0 Å². The lowest BCUT2D eigenvalue weighted by Crippen LogP contribution is -2.09. The fraction of sp³-hybridized carbons (Fsp3) is 0.600. The molecule has 1 nitrogen and oxygen atoms in total. The van der Waals surface area contributed by atoms with Crippen LogP contribution in [0.4, 0.5) is 0 Å². The van der Waals surface area contributed by atoms with Gasteiger partial charge in [-0.15, -0.1) is 0 Å². The summed E-state index contributed by atoms with van der Waals surface area (Å²) >= 11 is 1.77. The molecule has 0 amide bonds. The smallest absolute Gasteiger partial charge is 0.0571 e. The Kier molecular flexibility index (Phi) is 4.33. The molecule has 0 bridgehead atoms. The topological polar surface area (TPSA) is 9.23 Å². The van der Waals surface area contributed by atoms with Crippen LogP contribution in [0.15, 0.2) is 16.8 Å². The van der Waals surface area contributed by atoms with Gasteiger partial charge in [0.15, 0.2) is 0 Å². The summed E-state index contributed by atoms with van der Waals surface area (Å²) in [5.74, 6) is 0. The lowest BCUT2D eigenvalue weighted by atomic mass is 10.1. The van der Waals surface area contributed by atoms with Crippen LogP contribution in [0.2, 0.25) is 0 Å². The van der Waals surface area contributed by atoms with Crippen molar-refractivity contribution < 1.29 is 4.74 Å². The summed E-state index contributed by atoms with van der Waals surface area (Å²) < 4.78 is 5.30. The van der Waals surface area contributed by atoms with Crippen LogP contribution in [0.1, 0.15) is 25.3 Å². The first kappa shape index (κ1) is 9.75. The summed E-state index contributed by atoms with van der Waals surface area (Å²) in [6.07, 6.45) is 3.84. The second-order valence-electron chi connectivity index (χ2n) is 2.94. The van der Waals surface area contributed by atoms with Gasteiger partial charge in [-0.25, -0.2) is 0 Å². The van der Waals surface area contributed by atoms with E-state index < -0.39 is 0 Å². The second kappa shape index (κ2) is 5.33. The lowest BCUT2D eigenvalue weighted by molar-refractivity contribution is 0.0925. The molecule has 0 aliphatic heterocycles. The molecular weight excluding hydrogens is 168 g/mol. The van der Waals surface area contributed by atoms with Gasteiger partial charge in [0.05, 0.1) is 6.10 Å². The summed E-state index contributed by atoms with van der Waals surface area (Å²) in [7, 11) is 1.79. The molecule has 0 aliphatic carbocycles. The van der Waals surface area contributed by atoms with Gasteiger partial charge in [-0.1, -0.05) is 6.92 Å². The van der Waals surface area contributed by atoms with Gasteiger partial charge in [0.2, 0.25) is 0 Å². The second-order valence-corrected chi connectivity index (χ2v) is 3.72. The molecule has 0 saturated carbocycles. The van der Waals surface area contributed by atoms with E-state index in [2.05, 4.69) is 23.8 Å². The number of rotatable bonds is 5. The van der Waals surface area contributed by atoms with E-state index in [1.165, 1.54) is 5.56 Å². The van der Waals surface area contributed by atoms with E-state index in [4.69, 9.17) is 4.74 Å². The molecule has 0 N–H and O–H groups in total. The van der Waals surface area contributed by atoms with E-state index in [1.807, 2.05) is 0 Å². The maximum atomic E-state index is 5.30. The van der Waals surface area contributed by atoms with Crippen LogP contribution in [0.5, 0.6) is 0 Å². The Morgan fingerprint density at radius 3 is 2.92 bits per heavy atom. The third-order valence-electron chi connectivity index (χ3n) is 2.12. The molecule has 0 radical (unpaired) electrons. The molecule has 68 valence electrons. The molecule has 1 unspecified atom stereocenters. The Labute approximate surface area is 78.4 Å². The minimum atomic E-state index is 0.435. The molecule has 0 spiro atoms. The van der Waals surface area contributed by atoms with E-state index in [9.17, 15) is 0 Å². The average Bonchev–Trinajstić information content (AvgIpc) is 2.59. The van der Waals surface area contributed by atoms with Crippen molar-refractivity contribution in [1.29, 1.82) is 0 Å². The number of thiophene rings is 1. The lowest BCUT2D eigenvalue weighted by Gasteiger charge is -2.11. The first-order valence-corrected chi connectivity index (χ1v) is 5.35. The molecule has 1 rings (SSSR count). The summed E-state index contributed by atoms with van der Waals surface area (Å²) in [4.78, 5) is 0. The highest BCUT2D eigenvalue weighted by Gasteiger charge is 2.03. The van der Waals surface area contributed by atoms with E-state index in [0.717, 1.165) is 19.3 Å². The SMILES string of the molecule is CCC(CCc1ccsc1)OC. The average molecular weight is 184 g/mol. The Bertz CT molecular complexity index is 190. The molecule has 12 heavy (non-hydrogen) atoms. The monoisotopic (exact) mass is 184 g/mol. The van der Waals surface area contributed by atoms with Gasteiger partial charge in [0, 0.05) is 7.11 Å². The summed E-state index contributed by atoms with van der Waals surface area (Å²) in [6.45, 7) is 2.17. The first-order valence-electron chi connectivity index (χ1n) is 4.40. The summed E-state index contributed by atoms with van der Waals surface area (Å²) in [5.41, 5.74) is 1.44. The highest BCUT2D eigenvalue weighted by atomic mass is 32.1. The van der Waals surface area contributed by atoms with E-state index in [-0.39, 0.29) is 0 Å². The van der Waals surface area contributed by atoms with Crippen molar-refractivity contribution in [2.45, 2.75) is 32.3 Å². The van der Waals surface area contributed by atoms with Gasteiger partial charge in [-0.05, 0) is 41.7 Å². The zero-order valence-electron chi connectivity index (χ0n) is 7.75. The molecule has 1 aromatic rings. The number of aryl methyl sites for hydroxylation is 1. The van der Waals surface area contributed by atoms with Crippen LogP contribution >= 0.6 is 11.3 Å². The summed E-state index contributed by atoms with van der Waals surface area (Å²) in [6, 6.07) is 2.19. The number of methoxy groups -OCH3 is 1. The van der Waals surface area contributed by atoms with Crippen LogP contribution < -0.4 is 0 Å². The molecule has 1 atom stereocenters. The van der Waals surface area contributed by atoms with Crippen molar-refractivity contribution in [3.05, 3.63) is 22.4 Å². The predicted molar refractivity (Wildman–Crippen MR) is 53.7 cm³/mol. The first-order chi connectivity index (χ1) is 5.86. The fourth-order valence-corrected chi connectivity index (χ4v) is 1.95. The third-order valence-corrected chi connectivity index (χ3v) is 2.86. The molecule has 0 saturated heterocycles. The largest absolute Gasteiger partial charge is 0.381 e. The molecular formula is C10H16OS. The molecule has 2 heteroatoms. The number of hydrogen-bond donors (Lipinski definition) is 0. The maximum Gasteiger partial charge on any atom is 0.0571 e. The third kappa shape index (κ3) is 2.95. The highest BCUT2D eigenvalue weighted by Crippen LogP contribution is 2.12. The van der Waals surface area contributed by atoms with Gasteiger partial charge in [0.25, 0.3) is 0 Å². The quantitative estimate of drug-likeness (QED) is 0.683. The fourth-order valence-electron chi connectivity index (χ4n) is 1.25. The molecule has 0 aromatic carbocycles. The van der Waals surface area contributed by atoms with Crippen molar-refractivity contribution in [3.8, 4) is 0 Å². The van der Waals surface area contributed by atoms with Crippen LogP contribution in [0, 0.1) is 0 Å². The van der Waals surface area contributed by atoms with Gasteiger partial charge < -0.3 is 4.74 Å². The maximum absolute atomic E-state index is 5.30. The zero-order valence-corrected chi connectivity index (χ0v) is 8.56.